The summed E-state index contributed by atoms with van der Waals surface area (Å²) in [5.41, 5.74) is 0. The number of hydrogen-bond donors (Lipinski definition) is 0. The van der Waals surface area contributed by atoms with Crippen LogP contribution in [0.4, 0.5) is 0 Å². The number of unbranched alkanes of at least 4 members (excludes halogenated alkanes) is 21. The molecule has 0 N–H and O–H groups in total. The first-order valence-corrected chi connectivity index (χ1v) is 33.0. The highest BCUT2D eigenvalue weighted by atomic mass is 16.6. The number of ether oxygens (including phenoxy) is 3. The Balaban J connectivity index is 4.30. The summed E-state index contributed by atoms with van der Waals surface area (Å²) < 4.78 is 16.9. The van der Waals surface area contributed by atoms with Crippen LogP contribution in [0.15, 0.2) is 158 Å². The van der Waals surface area contributed by atoms with Crippen LogP contribution >= 0.6 is 0 Å². The maximum absolute atomic E-state index is 12.9. The van der Waals surface area contributed by atoms with Crippen LogP contribution < -0.4 is 0 Å². The van der Waals surface area contributed by atoms with E-state index in [9.17, 15) is 14.4 Å². The first-order chi connectivity index (χ1) is 40.0. The van der Waals surface area contributed by atoms with Crippen molar-refractivity contribution in [3.8, 4) is 0 Å². The monoisotopic (exact) mass is 1120 g/mol. The summed E-state index contributed by atoms with van der Waals surface area (Å²) in [5.74, 6) is -0.929. The van der Waals surface area contributed by atoms with Crippen molar-refractivity contribution in [1.29, 1.82) is 0 Å². The van der Waals surface area contributed by atoms with Gasteiger partial charge >= 0.3 is 17.9 Å². The molecule has 0 aromatic rings. The van der Waals surface area contributed by atoms with Crippen LogP contribution in [0.2, 0.25) is 0 Å². The molecule has 0 rings (SSSR count). The second-order valence-electron chi connectivity index (χ2n) is 21.3. The highest BCUT2D eigenvalue weighted by Crippen LogP contribution is 2.15. The van der Waals surface area contributed by atoms with E-state index in [0.717, 1.165) is 167 Å². The van der Waals surface area contributed by atoms with Gasteiger partial charge < -0.3 is 14.2 Å². The molecule has 0 fully saturated rings. The largest absolute Gasteiger partial charge is 0.462 e. The second kappa shape index (κ2) is 67.5. The van der Waals surface area contributed by atoms with Crippen molar-refractivity contribution >= 4 is 17.9 Å². The second-order valence-corrected chi connectivity index (χ2v) is 21.3. The molecule has 0 heterocycles. The number of allylic oxidation sites excluding steroid dienone is 26. The van der Waals surface area contributed by atoms with Crippen LogP contribution in [-0.4, -0.2) is 37.2 Å². The number of carbonyl (C=O) groups is 3. The zero-order chi connectivity index (χ0) is 58.5. The van der Waals surface area contributed by atoms with Crippen LogP contribution in [0.25, 0.3) is 0 Å². The van der Waals surface area contributed by atoms with E-state index < -0.39 is 6.10 Å². The van der Waals surface area contributed by atoms with Crippen molar-refractivity contribution in [2.45, 2.75) is 284 Å². The van der Waals surface area contributed by atoms with Crippen molar-refractivity contribution in [3.05, 3.63) is 158 Å². The summed E-state index contributed by atoms with van der Waals surface area (Å²) in [4.78, 5) is 38.3. The maximum Gasteiger partial charge on any atom is 0.306 e. The fourth-order valence-electron chi connectivity index (χ4n) is 8.61. The molecule has 81 heavy (non-hydrogen) atoms. The van der Waals surface area contributed by atoms with E-state index in [-0.39, 0.29) is 31.1 Å². The molecule has 0 radical (unpaired) electrons. The zero-order valence-corrected chi connectivity index (χ0v) is 52.2. The molecule has 0 bridgehead atoms. The van der Waals surface area contributed by atoms with Crippen molar-refractivity contribution in [1.82, 2.24) is 0 Å². The van der Waals surface area contributed by atoms with Gasteiger partial charge in [0.25, 0.3) is 0 Å². The molecule has 1 atom stereocenters. The third kappa shape index (κ3) is 65.7. The molecule has 0 saturated carbocycles. The van der Waals surface area contributed by atoms with Gasteiger partial charge in [-0.3, -0.25) is 14.4 Å². The van der Waals surface area contributed by atoms with Crippen LogP contribution in [-0.2, 0) is 28.6 Å². The molecule has 0 saturated heterocycles. The minimum atomic E-state index is -0.800. The minimum Gasteiger partial charge on any atom is -0.462 e. The van der Waals surface area contributed by atoms with Gasteiger partial charge in [-0.15, -0.1) is 0 Å². The summed E-state index contributed by atoms with van der Waals surface area (Å²) in [6.45, 7) is 6.35. The molecular formula is C75H120O6. The van der Waals surface area contributed by atoms with Gasteiger partial charge in [-0.2, -0.15) is 0 Å². The van der Waals surface area contributed by atoms with E-state index in [0.29, 0.717) is 19.3 Å². The predicted molar refractivity (Wildman–Crippen MR) is 352 cm³/mol. The van der Waals surface area contributed by atoms with Crippen molar-refractivity contribution < 1.29 is 28.6 Å². The Kier molecular flexibility index (Phi) is 63.4. The van der Waals surface area contributed by atoms with Gasteiger partial charge in [0.15, 0.2) is 6.10 Å². The SMILES string of the molecule is CC/C=C\C/C=C\C/C=C\C/C=C\C/C=C\C/C=C\C/C=C\C/C=C\CCCCCCCCCCC(=O)OCC(COC(=O)CCCCCCC/C=C\CCCC)OC(=O)CCCCCCCC/C=C\C/C=C\C/C=C\C/C=C\CC. The smallest absolute Gasteiger partial charge is 0.306 e. The normalized spacial score (nSPS) is 13.2. The van der Waals surface area contributed by atoms with E-state index in [2.05, 4.69) is 179 Å². The van der Waals surface area contributed by atoms with E-state index in [1.54, 1.807) is 0 Å². The van der Waals surface area contributed by atoms with Crippen LogP contribution in [0.5, 0.6) is 0 Å². The molecule has 0 aromatic carbocycles. The molecule has 1 unspecified atom stereocenters. The molecule has 6 nitrogen and oxygen atoms in total. The summed E-state index contributed by atoms with van der Waals surface area (Å²) in [6, 6.07) is 0. The van der Waals surface area contributed by atoms with Gasteiger partial charge in [0.1, 0.15) is 13.2 Å². The van der Waals surface area contributed by atoms with Gasteiger partial charge in [0.05, 0.1) is 0 Å². The van der Waals surface area contributed by atoms with Gasteiger partial charge in [0.2, 0.25) is 0 Å². The Labute approximate surface area is 499 Å². The first kappa shape index (κ1) is 76.0. The zero-order valence-electron chi connectivity index (χ0n) is 52.2. The van der Waals surface area contributed by atoms with Gasteiger partial charge in [0, 0.05) is 19.3 Å². The third-order valence-electron chi connectivity index (χ3n) is 13.5. The minimum absolute atomic E-state index is 0.0958. The van der Waals surface area contributed by atoms with Gasteiger partial charge in [-0.25, -0.2) is 0 Å². The van der Waals surface area contributed by atoms with Gasteiger partial charge in [-0.1, -0.05) is 275 Å². The molecule has 0 aromatic heterocycles. The summed E-state index contributed by atoms with van der Waals surface area (Å²) in [5, 5.41) is 0. The number of hydrogen-bond acceptors (Lipinski definition) is 6. The van der Waals surface area contributed by atoms with Crippen molar-refractivity contribution in [2.75, 3.05) is 13.2 Å². The number of esters is 3. The summed E-state index contributed by atoms with van der Waals surface area (Å²) in [6.07, 6.45) is 98.3. The molecule has 0 aliphatic carbocycles. The predicted octanol–water partition coefficient (Wildman–Crippen LogP) is 22.9. The fourth-order valence-corrected chi connectivity index (χ4v) is 8.61. The summed E-state index contributed by atoms with van der Waals surface area (Å²) in [7, 11) is 0. The van der Waals surface area contributed by atoms with Crippen LogP contribution in [0.1, 0.15) is 278 Å². The lowest BCUT2D eigenvalue weighted by Crippen LogP contribution is -2.30. The number of carbonyl (C=O) groups excluding carboxylic acids is 3. The van der Waals surface area contributed by atoms with Gasteiger partial charge in [-0.05, 0) is 141 Å². The molecule has 6 heteroatoms. The average Bonchev–Trinajstić information content (AvgIpc) is 3.47. The highest BCUT2D eigenvalue weighted by molar-refractivity contribution is 5.71. The Morgan fingerprint density at radius 3 is 0.765 bits per heavy atom. The maximum atomic E-state index is 12.9. The Morgan fingerprint density at radius 2 is 0.481 bits per heavy atom. The lowest BCUT2D eigenvalue weighted by Gasteiger charge is -2.18. The lowest BCUT2D eigenvalue weighted by molar-refractivity contribution is -0.167. The Hall–Kier alpha value is -4.97. The van der Waals surface area contributed by atoms with E-state index in [1.165, 1.54) is 70.6 Å². The van der Waals surface area contributed by atoms with E-state index >= 15 is 0 Å². The average molecular weight is 1120 g/mol. The molecule has 0 aliphatic rings. The van der Waals surface area contributed by atoms with Crippen molar-refractivity contribution in [3.63, 3.8) is 0 Å². The highest BCUT2D eigenvalue weighted by Gasteiger charge is 2.19. The van der Waals surface area contributed by atoms with Crippen LogP contribution in [0.3, 0.4) is 0 Å². The summed E-state index contributed by atoms with van der Waals surface area (Å²) >= 11 is 0. The van der Waals surface area contributed by atoms with Crippen molar-refractivity contribution in [2.24, 2.45) is 0 Å². The molecule has 0 amide bonds. The van der Waals surface area contributed by atoms with Crippen LogP contribution in [0, 0.1) is 0 Å². The molecule has 0 spiro atoms. The molecule has 0 aliphatic heterocycles. The Morgan fingerprint density at radius 1 is 0.259 bits per heavy atom. The van der Waals surface area contributed by atoms with E-state index in [1.807, 2.05) is 0 Å². The quantitative estimate of drug-likeness (QED) is 0.0261. The topological polar surface area (TPSA) is 78.9 Å². The molecule has 456 valence electrons. The third-order valence-corrected chi connectivity index (χ3v) is 13.5. The van der Waals surface area contributed by atoms with E-state index in [4.69, 9.17) is 14.2 Å². The first-order valence-electron chi connectivity index (χ1n) is 33.0. The Bertz CT molecular complexity index is 1810. The molecular weight excluding hydrogens is 997 g/mol. The lowest BCUT2D eigenvalue weighted by atomic mass is 10.1. The fraction of sp³-hybridized carbons (Fsp3) is 0.613. The standard InChI is InChI=1S/C75H120O6/c1-4-7-10-13-16-19-22-24-26-28-30-31-32-33-34-35-36-37-38-39-40-41-42-43-45-46-48-50-53-56-59-62-65-68-74(77)80-71-72(70-79-73(76)67-64-61-58-55-52-21-18-15-12-9-6-3)81-75(78)69-66-63-60-57-54-51-49-47-44-29-27-25-23-20-17-14-11-8-5-2/h7-8,10-11,15-20,24-27,30-31,33-34,36-37,39-40,42-44,47,72H,4-6,9,12-14,21-23,28-29,32,35,38,41,45-46,48-71H2,1-3H3/b10-7-,11-8-,18-15-,19-16-,20-17-,26-24-,27-25-,31-30-,34-33-,37-36-,40-39-,43-42-,47-44-. The number of rotatable bonds is 58.